The number of hydrogen-bond donors (Lipinski definition) is 2. The van der Waals surface area contributed by atoms with Crippen molar-refractivity contribution in [2.75, 3.05) is 17.2 Å². The molecule has 0 aliphatic rings. The predicted octanol–water partition coefficient (Wildman–Crippen LogP) is 3.54. The lowest BCUT2D eigenvalue weighted by molar-refractivity contribution is -0.118. The first-order valence-electron chi connectivity index (χ1n) is 7.67. The minimum atomic E-state index is -0.209. The van der Waals surface area contributed by atoms with Crippen LogP contribution in [0.15, 0.2) is 36.5 Å². The van der Waals surface area contributed by atoms with Crippen molar-refractivity contribution in [3.8, 4) is 5.75 Å². The van der Waals surface area contributed by atoms with Crippen LogP contribution in [0.1, 0.15) is 25.0 Å². The first-order valence-corrected chi connectivity index (χ1v) is 7.67. The number of anilines is 2. The molecule has 1 heterocycles. The Kier molecular flexibility index (Phi) is 5.57. The highest BCUT2D eigenvalue weighted by molar-refractivity contribution is 5.91. The van der Waals surface area contributed by atoms with Crippen LogP contribution >= 0.6 is 0 Å². The van der Waals surface area contributed by atoms with E-state index < -0.39 is 0 Å². The molecule has 1 aromatic heterocycles. The van der Waals surface area contributed by atoms with E-state index in [4.69, 9.17) is 4.74 Å². The summed E-state index contributed by atoms with van der Waals surface area (Å²) >= 11 is 0. The van der Waals surface area contributed by atoms with Crippen LogP contribution in [0.3, 0.4) is 0 Å². The van der Waals surface area contributed by atoms with Gasteiger partial charge in [0, 0.05) is 6.04 Å². The second-order valence-electron chi connectivity index (χ2n) is 5.79. The summed E-state index contributed by atoms with van der Waals surface area (Å²) in [5, 5.41) is 5.97. The summed E-state index contributed by atoms with van der Waals surface area (Å²) in [7, 11) is 0. The maximum atomic E-state index is 12.0. The second-order valence-corrected chi connectivity index (χ2v) is 5.79. The fourth-order valence-corrected chi connectivity index (χ4v) is 2.21. The maximum Gasteiger partial charge on any atom is 0.262 e. The van der Waals surface area contributed by atoms with Crippen molar-refractivity contribution in [1.29, 1.82) is 0 Å². The van der Waals surface area contributed by atoms with E-state index in [0.717, 1.165) is 22.7 Å². The molecule has 1 amide bonds. The standard InChI is InChI=1S/C18H23N3O2/c1-12(2)20-16-9-8-15(10-19-16)21-17(22)11-23-18-13(3)6-5-7-14(18)4/h5-10,12H,11H2,1-4H3,(H,19,20)(H,21,22). The molecule has 0 radical (unpaired) electrons. The summed E-state index contributed by atoms with van der Waals surface area (Å²) in [5.41, 5.74) is 2.68. The number of amides is 1. The van der Waals surface area contributed by atoms with Crippen molar-refractivity contribution in [2.24, 2.45) is 0 Å². The van der Waals surface area contributed by atoms with E-state index in [9.17, 15) is 4.79 Å². The fourth-order valence-electron chi connectivity index (χ4n) is 2.21. The zero-order valence-corrected chi connectivity index (χ0v) is 14.0. The minimum Gasteiger partial charge on any atom is -0.483 e. The first-order chi connectivity index (χ1) is 11.0. The Bertz CT molecular complexity index is 646. The molecule has 122 valence electrons. The van der Waals surface area contributed by atoms with Crippen LogP contribution in [0, 0.1) is 13.8 Å². The Labute approximate surface area is 137 Å². The minimum absolute atomic E-state index is 0.0301. The lowest BCUT2D eigenvalue weighted by Gasteiger charge is -2.12. The Balaban J connectivity index is 1.90. The number of benzene rings is 1. The Morgan fingerprint density at radius 1 is 1.17 bits per heavy atom. The molecule has 2 aromatic rings. The van der Waals surface area contributed by atoms with Crippen LogP contribution in [0.25, 0.3) is 0 Å². The SMILES string of the molecule is Cc1cccc(C)c1OCC(=O)Nc1ccc(NC(C)C)nc1. The number of hydrogen-bond acceptors (Lipinski definition) is 4. The van der Waals surface area contributed by atoms with Gasteiger partial charge in [0.05, 0.1) is 11.9 Å². The van der Waals surface area contributed by atoms with Crippen molar-refractivity contribution in [2.45, 2.75) is 33.7 Å². The number of ether oxygens (including phenoxy) is 1. The number of para-hydroxylation sites is 1. The lowest BCUT2D eigenvalue weighted by Crippen LogP contribution is -2.21. The van der Waals surface area contributed by atoms with Crippen molar-refractivity contribution in [3.63, 3.8) is 0 Å². The molecule has 0 aliphatic carbocycles. The monoisotopic (exact) mass is 313 g/mol. The van der Waals surface area contributed by atoms with Gasteiger partial charge in [0.2, 0.25) is 0 Å². The number of carbonyl (C=O) groups is 1. The smallest absolute Gasteiger partial charge is 0.262 e. The number of pyridine rings is 1. The first kappa shape index (κ1) is 16.8. The normalized spacial score (nSPS) is 10.5. The third-order valence-corrected chi connectivity index (χ3v) is 3.24. The van der Waals surface area contributed by atoms with E-state index in [1.54, 1.807) is 6.20 Å². The summed E-state index contributed by atoms with van der Waals surface area (Å²) < 4.78 is 5.63. The fraction of sp³-hybridized carbons (Fsp3) is 0.333. The quantitative estimate of drug-likeness (QED) is 0.856. The van der Waals surface area contributed by atoms with E-state index in [2.05, 4.69) is 15.6 Å². The largest absolute Gasteiger partial charge is 0.483 e. The molecule has 2 rings (SSSR count). The number of carbonyl (C=O) groups excluding carboxylic acids is 1. The van der Waals surface area contributed by atoms with Gasteiger partial charge in [-0.15, -0.1) is 0 Å². The molecule has 5 heteroatoms. The zero-order chi connectivity index (χ0) is 16.8. The van der Waals surface area contributed by atoms with Crippen LogP contribution in [0.5, 0.6) is 5.75 Å². The molecular formula is C18H23N3O2. The molecule has 0 spiro atoms. The molecule has 0 atom stereocenters. The van der Waals surface area contributed by atoms with Crippen molar-refractivity contribution < 1.29 is 9.53 Å². The summed E-state index contributed by atoms with van der Waals surface area (Å²) in [6, 6.07) is 9.86. The van der Waals surface area contributed by atoms with Crippen LogP contribution < -0.4 is 15.4 Å². The summed E-state index contributed by atoms with van der Waals surface area (Å²) in [5.74, 6) is 1.33. The van der Waals surface area contributed by atoms with Gasteiger partial charge < -0.3 is 15.4 Å². The van der Waals surface area contributed by atoms with Gasteiger partial charge in [-0.2, -0.15) is 0 Å². The summed E-state index contributed by atoms with van der Waals surface area (Å²) in [4.78, 5) is 16.2. The zero-order valence-electron chi connectivity index (χ0n) is 14.0. The van der Waals surface area contributed by atoms with Gasteiger partial charge in [0.1, 0.15) is 11.6 Å². The highest BCUT2D eigenvalue weighted by Crippen LogP contribution is 2.22. The van der Waals surface area contributed by atoms with E-state index in [1.807, 2.05) is 58.0 Å². The van der Waals surface area contributed by atoms with E-state index in [1.165, 1.54) is 0 Å². The van der Waals surface area contributed by atoms with Crippen LogP contribution in [-0.4, -0.2) is 23.5 Å². The van der Waals surface area contributed by atoms with Crippen molar-refractivity contribution in [1.82, 2.24) is 4.98 Å². The van der Waals surface area contributed by atoms with Gasteiger partial charge in [-0.05, 0) is 51.0 Å². The van der Waals surface area contributed by atoms with E-state index in [0.29, 0.717) is 11.7 Å². The van der Waals surface area contributed by atoms with Gasteiger partial charge in [0.15, 0.2) is 6.61 Å². The van der Waals surface area contributed by atoms with Gasteiger partial charge >= 0.3 is 0 Å². The Hall–Kier alpha value is -2.56. The van der Waals surface area contributed by atoms with Crippen LogP contribution in [0.4, 0.5) is 11.5 Å². The molecule has 0 unspecified atom stereocenters. The number of aromatic nitrogens is 1. The Morgan fingerprint density at radius 2 is 1.87 bits per heavy atom. The predicted molar refractivity (Wildman–Crippen MR) is 93.0 cm³/mol. The third-order valence-electron chi connectivity index (χ3n) is 3.24. The Morgan fingerprint density at radius 3 is 2.43 bits per heavy atom. The maximum absolute atomic E-state index is 12.0. The van der Waals surface area contributed by atoms with E-state index in [-0.39, 0.29) is 12.5 Å². The van der Waals surface area contributed by atoms with Crippen molar-refractivity contribution >= 4 is 17.4 Å². The van der Waals surface area contributed by atoms with Gasteiger partial charge in [-0.1, -0.05) is 18.2 Å². The van der Waals surface area contributed by atoms with E-state index >= 15 is 0 Å². The highest BCUT2D eigenvalue weighted by atomic mass is 16.5. The number of nitrogens with one attached hydrogen (secondary N) is 2. The molecule has 5 nitrogen and oxygen atoms in total. The van der Waals surface area contributed by atoms with Crippen molar-refractivity contribution in [3.05, 3.63) is 47.7 Å². The molecule has 2 N–H and O–H groups in total. The molecule has 0 bridgehead atoms. The molecule has 23 heavy (non-hydrogen) atoms. The summed E-state index contributed by atoms with van der Waals surface area (Å²) in [6.07, 6.45) is 1.63. The highest BCUT2D eigenvalue weighted by Gasteiger charge is 2.08. The average Bonchev–Trinajstić information content (AvgIpc) is 2.48. The van der Waals surface area contributed by atoms with Gasteiger partial charge in [-0.25, -0.2) is 4.98 Å². The number of rotatable bonds is 6. The lowest BCUT2D eigenvalue weighted by atomic mass is 10.1. The van der Waals surface area contributed by atoms with Gasteiger partial charge in [0.25, 0.3) is 5.91 Å². The summed E-state index contributed by atoms with van der Waals surface area (Å²) in [6.45, 7) is 7.98. The molecule has 0 saturated heterocycles. The van der Waals surface area contributed by atoms with Crippen LogP contribution in [0.2, 0.25) is 0 Å². The van der Waals surface area contributed by atoms with Crippen LogP contribution in [-0.2, 0) is 4.79 Å². The second kappa shape index (κ2) is 7.63. The number of aryl methyl sites for hydroxylation is 2. The van der Waals surface area contributed by atoms with Gasteiger partial charge in [-0.3, -0.25) is 4.79 Å². The molecule has 1 aromatic carbocycles. The molecule has 0 saturated carbocycles. The molecular weight excluding hydrogens is 290 g/mol. The topological polar surface area (TPSA) is 63.2 Å². The average molecular weight is 313 g/mol. The molecule has 0 aliphatic heterocycles. The molecule has 0 fully saturated rings. The number of nitrogens with zero attached hydrogens (tertiary/aromatic N) is 1. The third kappa shape index (κ3) is 4.98.